The molecule has 0 spiro atoms. The van der Waals surface area contributed by atoms with Gasteiger partial charge in [-0.15, -0.1) is 0 Å². The van der Waals surface area contributed by atoms with Crippen LogP contribution in [0.5, 0.6) is 0 Å². The van der Waals surface area contributed by atoms with Crippen molar-refractivity contribution in [1.29, 1.82) is 0 Å². The molecule has 0 N–H and O–H groups in total. The van der Waals surface area contributed by atoms with Crippen molar-refractivity contribution < 1.29 is 13.9 Å². The number of furan rings is 1. The average molecular weight is 336 g/mol. The van der Waals surface area contributed by atoms with E-state index in [1.54, 1.807) is 11.0 Å². The molecule has 0 unspecified atom stereocenters. The van der Waals surface area contributed by atoms with Gasteiger partial charge in [-0.25, -0.2) is 0 Å². The summed E-state index contributed by atoms with van der Waals surface area (Å²) in [6.07, 6.45) is 2.89. The number of halogens is 1. The molecule has 3 rings (SSSR count). The number of rotatable bonds is 2. The molecule has 0 aliphatic carbocycles. The van der Waals surface area contributed by atoms with Crippen LogP contribution >= 0.6 is 15.9 Å². The van der Waals surface area contributed by atoms with Crippen LogP contribution in [0, 0.1) is 0 Å². The summed E-state index contributed by atoms with van der Waals surface area (Å²) < 4.78 is 11.8. The second kappa shape index (κ2) is 5.81. The molecule has 1 aromatic heterocycles. The minimum absolute atomic E-state index is 0.0147. The van der Waals surface area contributed by atoms with E-state index >= 15 is 0 Å². The van der Waals surface area contributed by atoms with Crippen molar-refractivity contribution in [2.75, 3.05) is 19.7 Å². The van der Waals surface area contributed by atoms with Crippen molar-refractivity contribution in [3.63, 3.8) is 0 Å². The molecule has 1 fully saturated rings. The van der Waals surface area contributed by atoms with Crippen molar-refractivity contribution in [3.8, 4) is 0 Å². The van der Waals surface area contributed by atoms with E-state index in [4.69, 9.17) is 9.15 Å². The van der Waals surface area contributed by atoms with Crippen molar-refractivity contribution in [2.24, 2.45) is 0 Å². The highest BCUT2D eigenvalue weighted by Crippen LogP contribution is 2.29. The molecular weight excluding hydrogens is 322 g/mol. The van der Waals surface area contributed by atoms with Crippen molar-refractivity contribution in [1.82, 2.24) is 4.90 Å². The zero-order valence-electron chi connectivity index (χ0n) is 10.8. The number of morpholine rings is 1. The summed E-state index contributed by atoms with van der Waals surface area (Å²) in [5.41, 5.74) is 1.65. The van der Waals surface area contributed by atoms with Gasteiger partial charge in [-0.2, -0.15) is 0 Å². The molecule has 4 nitrogen and oxygen atoms in total. The van der Waals surface area contributed by atoms with Crippen molar-refractivity contribution in [3.05, 3.63) is 58.5 Å². The van der Waals surface area contributed by atoms with Gasteiger partial charge >= 0.3 is 0 Å². The van der Waals surface area contributed by atoms with Crippen LogP contribution < -0.4 is 0 Å². The Bertz CT molecular complexity index is 597. The Morgan fingerprint density at radius 3 is 2.90 bits per heavy atom. The number of hydrogen-bond donors (Lipinski definition) is 0. The van der Waals surface area contributed by atoms with E-state index in [1.165, 1.54) is 12.5 Å². The maximum absolute atomic E-state index is 12.3. The number of benzene rings is 1. The molecule has 1 aromatic carbocycles. The van der Waals surface area contributed by atoms with Crippen LogP contribution in [0.2, 0.25) is 0 Å². The molecule has 1 aliphatic rings. The summed E-state index contributed by atoms with van der Waals surface area (Å²) in [4.78, 5) is 14.1. The molecule has 1 saturated heterocycles. The largest absolute Gasteiger partial charge is 0.472 e. The molecule has 2 aromatic rings. The third-order valence-electron chi connectivity index (χ3n) is 3.37. The Morgan fingerprint density at radius 2 is 2.15 bits per heavy atom. The lowest BCUT2D eigenvalue weighted by atomic mass is 10.1. The Balaban J connectivity index is 1.77. The van der Waals surface area contributed by atoms with E-state index in [-0.39, 0.29) is 12.0 Å². The van der Waals surface area contributed by atoms with E-state index in [2.05, 4.69) is 15.9 Å². The van der Waals surface area contributed by atoms with Gasteiger partial charge < -0.3 is 14.1 Å². The first-order chi connectivity index (χ1) is 9.75. The topological polar surface area (TPSA) is 42.7 Å². The van der Waals surface area contributed by atoms with Crippen LogP contribution in [0.1, 0.15) is 22.0 Å². The summed E-state index contributed by atoms with van der Waals surface area (Å²) >= 11 is 3.53. The van der Waals surface area contributed by atoms with E-state index in [9.17, 15) is 4.79 Å². The van der Waals surface area contributed by atoms with Crippen LogP contribution in [0.15, 0.2) is 51.7 Å². The summed E-state index contributed by atoms with van der Waals surface area (Å²) in [5.74, 6) is -0.0147. The number of carbonyl (C=O) groups excluding carboxylic acids is 1. The maximum atomic E-state index is 12.3. The Labute approximate surface area is 125 Å². The number of amides is 1. The maximum Gasteiger partial charge on any atom is 0.257 e. The minimum Gasteiger partial charge on any atom is -0.472 e. The van der Waals surface area contributed by atoms with Crippen molar-refractivity contribution in [2.45, 2.75) is 6.10 Å². The lowest BCUT2D eigenvalue weighted by Gasteiger charge is -2.33. The van der Waals surface area contributed by atoms with Crippen LogP contribution in [-0.2, 0) is 4.74 Å². The van der Waals surface area contributed by atoms with Gasteiger partial charge in [0.05, 0.1) is 25.0 Å². The molecule has 2 heterocycles. The molecule has 20 heavy (non-hydrogen) atoms. The first-order valence-electron chi connectivity index (χ1n) is 6.43. The van der Waals surface area contributed by atoms with Crippen molar-refractivity contribution >= 4 is 21.8 Å². The summed E-state index contributed by atoms with van der Waals surface area (Å²) in [6, 6.07) is 9.62. The smallest absolute Gasteiger partial charge is 0.257 e. The Morgan fingerprint density at radius 1 is 1.30 bits per heavy atom. The summed E-state index contributed by atoms with van der Waals surface area (Å²) in [7, 11) is 0. The SMILES string of the molecule is O=C(c1ccoc1)N1CCO[C@@H](c2ccccc2Br)C1. The number of ether oxygens (including phenoxy) is 1. The molecular formula is C15H14BrNO3. The molecule has 1 aliphatic heterocycles. The van der Waals surface area contributed by atoms with E-state index in [1.807, 2.05) is 24.3 Å². The highest BCUT2D eigenvalue weighted by Gasteiger charge is 2.27. The van der Waals surface area contributed by atoms with Gasteiger partial charge in [0.2, 0.25) is 0 Å². The lowest BCUT2D eigenvalue weighted by molar-refractivity contribution is -0.0231. The summed E-state index contributed by atoms with van der Waals surface area (Å²) in [5, 5.41) is 0. The van der Waals surface area contributed by atoms with Gasteiger partial charge in [-0.3, -0.25) is 4.79 Å². The van der Waals surface area contributed by atoms with Crippen LogP contribution in [0.25, 0.3) is 0 Å². The van der Waals surface area contributed by atoms with Gasteiger partial charge in [0.1, 0.15) is 12.4 Å². The highest BCUT2D eigenvalue weighted by atomic mass is 79.9. The van der Waals surface area contributed by atoms with Gasteiger partial charge in [0.15, 0.2) is 0 Å². The van der Waals surface area contributed by atoms with Gasteiger partial charge in [-0.1, -0.05) is 34.1 Å². The average Bonchev–Trinajstić information content (AvgIpc) is 3.01. The quantitative estimate of drug-likeness (QED) is 0.845. The molecule has 5 heteroatoms. The minimum atomic E-state index is -0.102. The second-order valence-corrected chi connectivity index (χ2v) is 5.50. The number of nitrogens with zero attached hydrogens (tertiary/aromatic N) is 1. The van der Waals surface area contributed by atoms with Gasteiger partial charge in [0, 0.05) is 11.0 Å². The second-order valence-electron chi connectivity index (χ2n) is 4.64. The Kier molecular flexibility index (Phi) is 3.89. The van der Waals surface area contributed by atoms with E-state index in [0.29, 0.717) is 25.3 Å². The lowest BCUT2D eigenvalue weighted by Crippen LogP contribution is -2.42. The van der Waals surface area contributed by atoms with E-state index in [0.717, 1.165) is 10.0 Å². The van der Waals surface area contributed by atoms with Crippen LogP contribution in [0.3, 0.4) is 0 Å². The standard InChI is InChI=1S/C15H14BrNO3/c16-13-4-2-1-3-12(13)14-9-17(6-8-20-14)15(18)11-5-7-19-10-11/h1-5,7,10,14H,6,8-9H2/t14-/m1/s1. The fraction of sp³-hybridized carbons (Fsp3) is 0.267. The van der Waals surface area contributed by atoms with E-state index < -0.39 is 0 Å². The normalized spacial score (nSPS) is 19.1. The fourth-order valence-electron chi connectivity index (χ4n) is 2.33. The number of hydrogen-bond acceptors (Lipinski definition) is 3. The molecule has 0 radical (unpaired) electrons. The zero-order chi connectivity index (χ0) is 13.9. The third kappa shape index (κ3) is 2.64. The predicted octanol–water partition coefficient (Wildman–Crippen LogP) is 3.26. The van der Waals surface area contributed by atoms with Gasteiger partial charge in [-0.05, 0) is 17.7 Å². The highest BCUT2D eigenvalue weighted by molar-refractivity contribution is 9.10. The van der Waals surface area contributed by atoms with Crippen LogP contribution in [-0.4, -0.2) is 30.5 Å². The molecule has 104 valence electrons. The number of carbonyl (C=O) groups is 1. The predicted molar refractivity (Wildman–Crippen MR) is 77.4 cm³/mol. The molecule has 0 saturated carbocycles. The van der Waals surface area contributed by atoms with Gasteiger partial charge in [0.25, 0.3) is 5.91 Å². The molecule has 0 bridgehead atoms. The Hall–Kier alpha value is -1.59. The first-order valence-corrected chi connectivity index (χ1v) is 7.22. The summed E-state index contributed by atoms with van der Waals surface area (Å²) in [6.45, 7) is 1.69. The molecule has 1 amide bonds. The zero-order valence-corrected chi connectivity index (χ0v) is 12.4. The molecule has 1 atom stereocenters. The van der Waals surface area contributed by atoms with Crippen LogP contribution in [0.4, 0.5) is 0 Å². The fourth-order valence-corrected chi connectivity index (χ4v) is 2.87. The monoisotopic (exact) mass is 335 g/mol. The third-order valence-corrected chi connectivity index (χ3v) is 4.10. The first kappa shape index (κ1) is 13.4.